The van der Waals surface area contributed by atoms with E-state index < -0.39 is 12.1 Å². The van der Waals surface area contributed by atoms with Crippen molar-refractivity contribution < 1.29 is 19.5 Å². The van der Waals surface area contributed by atoms with Crippen LogP contribution in [0.25, 0.3) is 0 Å². The van der Waals surface area contributed by atoms with E-state index >= 15 is 0 Å². The molecule has 0 aromatic heterocycles. The van der Waals surface area contributed by atoms with E-state index in [9.17, 15) is 14.7 Å². The molecule has 35 heavy (non-hydrogen) atoms. The molecule has 0 radical (unpaired) electrons. The molecule has 1 N–H and O–H groups in total. The van der Waals surface area contributed by atoms with Gasteiger partial charge in [0.2, 0.25) is 0 Å². The highest BCUT2D eigenvalue weighted by Crippen LogP contribution is 2.52. The number of carbonyl (C=O) groups is 2. The number of likely N-dealkylation sites (tertiary alicyclic amines) is 1. The molecule has 0 spiro atoms. The molecular formula is C27H34N4O4. The Bertz CT molecular complexity index is 1140. The number of benzene rings is 2. The van der Waals surface area contributed by atoms with Gasteiger partial charge in [-0.1, -0.05) is 44.2 Å². The minimum Gasteiger partial charge on any atom is -0.465 e. The lowest BCUT2D eigenvalue weighted by Gasteiger charge is -2.32. The Hall–Kier alpha value is -3.10. The van der Waals surface area contributed by atoms with Gasteiger partial charge in [-0.15, -0.1) is 0 Å². The highest BCUT2D eigenvalue weighted by atomic mass is 16.7. The van der Waals surface area contributed by atoms with Crippen molar-refractivity contribution in [3.63, 3.8) is 0 Å². The maximum atomic E-state index is 13.5. The number of nitrogens with zero attached hydrogens (tertiary/aromatic N) is 4. The summed E-state index contributed by atoms with van der Waals surface area (Å²) in [5.74, 6) is -0.552. The summed E-state index contributed by atoms with van der Waals surface area (Å²) in [5.41, 5.74) is 3.65. The number of anilines is 2. The number of carboxylic acid groups (broad SMARTS) is 1. The Morgan fingerprint density at radius 1 is 1.20 bits per heavy atom. The predicted molar refractivity (Wildman–Crippen MR) is 134 cm³/mol. The number of hydrogen-bond donors (Lipinski definition) is 1. The van der Waals surface area contributed by atoms with Gasteiger partial charge in [0.05, 0.1) is 12.7 Å². The van der Waals surface area contributed by atoms with Crippen LogP contribution in [0.2, 0.25) is 0 Å². The fraction of sp³-hybridized carbons (Fsp3) is 0.481. The molecule has 2 saturated heterocycles. The van der Waals surface area contributed by atoms with Gasteiger partial charge in [-0.05, 0) is 49.7 Å². The second-order valence-corrected chi connectivity index (χ2v) is 10.5. The second-order valence-electron chi connectivity index (χ2n) is 10.5. The maximum Gasteiger partial charge on any atom is 0.412 e. The Kier molecular flexibility index (Phi) is 5.76. The summed E-state index contributed by atoms with van der Waals surface area (Å²) in [4.78, 5) is 37.9. The number of fused-ring (bicyclic) bond motifs is 3. The average Bonchev–Trinajstić information content (AvgIpc) is 3.37. The lowest BCUT2D eigenvalue weighted by atomic mass is 9.81. The van der Waals surface area contributed by atoms with Crippen molar-refractivity contribution in [3.8, 4) is 0 Å². The summed E-state index contributed by atoms with van der Waals surface area (Å²) in [7, 11) is 4.23. The zero-order valence-electron chi connectivity index (χ0n) is 21.0. The van der Waals surface area contributed by atoms with Crippen molar-refractivity contribution in [2.24, 2.45) is 5.92 Å². The third-order valence-corrected chi connectivity index (χ3v) is 8.12. The number of carbonyl (C=O) groups excluding carboxylic acids is 1. The van der Waals surface area contributed by atoms with Crippen LogP contribution in [0.3, 0.4) is 0 Å². The molecule has 0 aliphatic carbocycles. The fourth-order valence-electron chi connectivity index (χ4n) is 6.38. The van der Waals surface area contributed by atoms with E-state index in [1.54, 1.807) is 0 Å². The van der Waals surface area contributed by atoms with E-state index in [0.29, 0.717) is 12.2 Å². The first-order valence-corrected chi connectivity index (χ1v) is 12.3. The van der Waals surface area contributed by atoms with Crippen molar-refractivity contribution in [1.29, 1.82) is 0 Å². The van der Waals surface area contributed by atoms with Crippen LogP contribution in [-0.2, 0) is 15.0 Å². The van der Waals surface area contributed by atoms with Gasteiger partial charge < -0.3 is 10.0 Å². The molecule has 5 rings (SSSR count). The van der Waals surface area contributed by atoms with Gasteiger partial charge >= 0.3 is 6.09 Å². The first kappa shape index (κ1) is 23.6. The molecule has 2 amide bonds. The number of amides is 2. The van der Waals surface area contributed by atoms with Crippen molar-refractivity contribution in [3.05, 3.63) is 59.7 Å². The summed E-state index contributed by atoms with van der Waals surface area (Å²) < 4.78 is 0. The summed E-state index contributed by atoms with van der Waals surface area (Å²) in [5, 5.41) is 11.6. The minimum absolute atomic E-state index is 0.0927. The van der Waals surface area contributed by atoms with Crippen LogP contribution in [-0.4, -0.2) is 66.5 Å². The second kappa shape index (κ2) is 8.53. The maximum absolute atomic E-state index is 13.5. The normalized spacial score (nSPS) is 28.8. The lowest BCUT2D eigenvalue weighted by Crippen LogP contribution is -2.47. The highest BCUT2D eigenvalue weighted by molar-refractivity contribution is 5.98. The van der Waals surface area contributed by atoms with Gasteiger partial charge in [0.1, 0.15) is 12.1 Å². The van der Waals surface area contributed by atoms with Crippen LogP contribution < -0.4 is 9.80 Å². The summed E-state index contributed by atoms with van der Waals surface area (Å²) in [6.45, 7) is 7.37. The molecule has 2 aromatic carbocycles. The standard InChI is InChI=1S/C27H34N4O4/c1-17-16-30(35-18(2)19-9-7-6-8-10-19)24(32)23(17)31(26(33)34)20-11-12-22-21(15-20)27(3)13-14-28(4)25(27)29(22)5/h6-12,15,17-18,23,25H,13-14,16H2,1-5H3,(H,33,34)/t17?,18?,23?,25-,27+/m1/s1. The third-order valence-electron chi connectivity index (χ3n) is 8.12. The summed E-state index contributed by atoms with van der Waals surface area (Å²) in [6.07, 6.45) is -0.220. The molecule has 0 saturated carbocycles. The molecule has 8 nitrogen and oxygen atoms in total. The molecule has 3 aliphatic rings. The predicted octanol–water partition coefficient (Wildman–Crippen LogP) is 4.08. The van der Waals surface area contributed by atoms with Crippen LogP contribution in [0.1, 0.15) is 44.4 Å². The summed E-state index contributed by atoms with van der Waals surface area (Å²) in [6, 6.07) is 14.6. The molecule has 3 unspecified atom stereocenters. The van der Waals surface area contributed by atoms with Gasteiger partial charge in [0.25, 0.3) is 5.91 Å². The SMILES string of the molecule is CC(ON1CC(C)C(N(C(=O)O)c2ccc3c(c2)[C@]2(C)CCN(C)[C@@H]2N3C)C1=O)c1ccccc1. The van der Waals surface area contributed by atoms with Crippen LogP contribution in [0.4, 0.5) is 16.2 Å². The third kappa shape index (κ3) is 3.67. The van der Waals surface area contributed by atoms with Crippen molar-refractivity contribution in [1.82, 2.24) is 9.96 Å². The van der Waals surface area contributed by atoms with Gasteiger partial charge in [0.15, 0.2) is 0 Å². The molecule has 3 aliphatic heterocycles. The molecule has 0 bridgehead atoms. The quantitative estimate of drug-likeness (QED) is 0.698. The number of hydroxylamine groups is 2. The Balaban J connectivity index is 1.44. The fourth-order valence-corrected chi connectivity index (χ4v) is 6.38. The van der Waals surface area contributed by atoms with Gasteiger partial charge in [0, 0.05) is 36.3 Å². The zero-order chi connectivity index (χ0) is 25.1. The molecule has 8 heteroatoms. The van der Waals surface area contributed by atoms with Gasteiger partial charge in [-0.3, -0.25) is 19.4 Å². The molecule has 2 fully saturated rings. The monoisotopic (exact) mass is 478 g/mol. The lowest BCUT2D eigenvalue weighted by molar-refractivity contribution is -0.197. The van der Waals surface area contributed by atoms with Crippen LogP contribution in [0.5, 0.6) is 0 Å². The smallest absolute Gasteiger partial charge is 0.412 e. The van der Waals surface area contributed by atoms with E-state index in [2.05, 4.69) is 30.8 Å². The highest BCUT2D eigenvalue weighted by Gasteiger charge is 2.53. The topological polar surface area (TPSA) is 76.6 Å². The van der Waals surface area contributed by atoms with Crippen LogP contribution in [0, 0.1) is 5.92 Å². The molecule has 5 atom stereocenters. The number of likely N-dealkylation sites (N-methyl/N-ethyl adjacent to an activating group) is 2. The van der Waals surface area contributed by atoms with Gasteiger partial charge in [-0.2, -0.15) is 0 Å². The van der Waals surface area contributed by atoms with E-state index in [4.69, 9.17) is 4.84 Å². The van der Waals surface area contributed by atoms with Crippen molar-refractivity contribution in [2.75, 3.05) is 37.0 Å². The van der Waals surface area contributed by atoms with Crippen molar-refractivity contribution in [2.45, 2.75) is 50.9 Å². The Labute approximate surface area is 206 Å². The first-order valence-electron chi connectivity index (χ1n) is 12.3. The van der Waals surface area contributed by atoms with E-state index in [1.807, 2.05) is 62.4 Å². The number of rotatable bonds is 5. The molecule has 3 heterocycles. The van der Waals surface area contributed by atoms with Crippen molar-refractivity contribution >= 4 is 23.4 Å². The van der Waals surface area contributed by atoms with Crippen LogP contribution >= 0.6 is 0 Å². The molecular weight excluding hydrogens is 444 g/mol. The van der Waals surface area contributed by atoms with E-state index in [-0.39, 0.29) is 29.5 Å². The minimum atomic E-state index is -1.13. The Morgan fingerprint density at radius 2 is 1.91 bits per heavy atom. The zero-order valence-corrected chi connectivity index (χ0v) is 21.0. The van der Waals surface area contributed by atoms with Crippen LogP contribution in [0.15, 0.2) is 48.5 Å². The largest absolute Gasteiger partial charge is 0.465 e. The Morgan fingerprint density at radius 3 is 2.60 bits per heavy atom. The molecule has 186 valence electrons. The number of hydrogen-bond acceptors (Lipinski definition) is 5. The summed E-state index contributed by atoms with van der Waals surface area (Å²) >= 11 is 0. The van der Waals surface area contributed by atoms with Gasteiger partial charge in [-0.25, -0.2) is 9.86 Å². The average molecular weight is 479 g/mol. The van der Waals surface area contributed by atoms with E-state index in [0.717, 1.165) is 29.8 Å². The molecule has 2 aromatic rings. The first-order chi connectivity index (χ1) is 16.6. The van der Waals surface area contributed by atoms with E-state index in [1.165, 1.54) is 9.96 Å².